The predicted octanol–water partition coefficient (Wildman–Crippen LogP) is 4.02. The van der Waals surface area contributed by atoms with Gasteiger partial charge in [-0.1, -0.05) is 24.4 Å². The molecule has 0 radical (unpaired) electrons. The van der Waals surface area contributed by atoms with Gasteiger partial charge < -0.3 is 15.0 Å². The molecule has 27 heavy (non-hydrogen) atoms. The molecule has 1 aromatic rings. The number of anilines is 1. The van der Waals surface area contributed by atoms with Crippen LogP contribution in [0.3, 0.4) is 0 Å². The lowest BCUT2D eigenvalue weighted by atomic mass is 10.0. The zero-order valence-electron chi connectivity index (χ0n) is 16.4. The molecule has 2 heterocycles. The smallest absolute Gasteiger partial charge is 0.224 e. The van der Waals surface area contributed by atoms with E-state index in [1.807, 2.05) is 12.1 Å². The van der Waals surface area contributed by atoms with E-state index < -0.39 is 0 Å². The van der Waals surface area contributed by atoms with Gasteiger partial charge in [-0.3, -0.25) is 9.69 Å². The highest BCUT2D eigenvalue weighted by Gasteiger charge is 2.27. The third kappa shape index (κ3) is 5.76. The number of hydrogen-bond donors (Lipinski definition) is 1. The molecule has 2 aliphatic heterocycles. The average Bonchev–Trinajstić information content (AvgIpc) is 2.98. The number of nitrogens with one attached hydrogen (secondary N) is 1. The highest BCUT2D eigenvalue weighted by atomic mass is 35.5. The molecule has 1 unspecified atom stereocenters. The summed E-state index contributed by atoms with van der Waals surface area (Å²) in [4.78, 5) is 17.4. The second-order valence-electron chi connectivity index (χ2n) is 7.61. The van der Waals surface area contributed by atoms with Crippen molar-refractivity contribution in [1.29, 1.82) is 0 Å². The molecule has 0 spiro atoms. The Morgan fingerprint density at radius 3 is 2.70 bits per heavy atom. The molecule has 1 N–H and O–H groups in total. The normalized spacial score (nSPS) is 21.6. The second kappa shape index (κ2) is 10.2. The fraction of sp³-hybridized carbons (Fsp3) is 0.667. The number of nitrogens with zero attached hydrogens (tertiary/aromatic N) is 2. The van der Waals surface area contributed by atoms with Crippen molar-refractivity contribution in [2.75, 3.05) is 45.2 Å². The molecular formula is C21H32ClN3O2. The van der Waals surface area contributed by atoms with E-state index in [1.54, 1.807) is 13.2 Å². The molecule has 6 heteroatoms. The maximum absolute atomic E-state index is 12.7. The first-order valence-electron chi connectivity index (χ1n) is 10.3. The highest BCUT2D eigenvalue weighted by molar-refractivity contribution is 6.30. The van der Waals surface area contributed by atoms with E-state index >= 15 is 0 Å². The Morgan fingerprint density at radius 1 is 1.19 bits per heavy atom. The maximum Gasteiger partial charge on any atom is 0.224 e. The lowest BCUT2D eigenvalue weighted by molar-refractivity contribution is -0.133. The number of ether oxygens (including phenoxy) is 1. The number of piperidine rings is 1. The third-order valence-electron chi connectivity index (χ3n) is 5.72. The second-order valence-corrected chi connectivity index (χ2v) is 8.04. The van der Waals surface area contributed by atoms with Crippen molar-refractivity contribution in [2.45, 2.75) is 51.0 Å². The first-order valence-corrected chi connectivity index (χ1v) is 10.6. The van der Waals surface area contributed by atoms with Gasteiger partial charge in [-0.25, -0.2) is 0 Å². The van der Waals surface area contributed by atoms with E-state index in [2.05, 4.69) is 15.1 Å². The zero-order chi connectivity index (χ0) is 19.1. The summed E-state index contributed by atoms with van der Waals surface area (Å²) < 4.78 is 5.34. The molecule has 150 valence electrons. The molecule has 3 rings (SSSR count). The molecule has 0 bridgehead atoms. The SMILES string of the molecule is COc1ccc(Cl)cc1NCCC(=O)N1CCCC(N2CCCCCC2)C1. The molecule has 0 saturated carbocycles. The first-order chi connectivity index (χ1) is 13.2. The Morgan fingerprint density at radius 2 is 1.96 bits per heavy atom. The number of methoxy groups -OCH3 is 1. The van der Waals surface area contributed by atoms with Crippen LogP contribution < -0.4 is 10.1 Å². The van der Waals surface area contributed by atoms with E-state index in [4.69, 9.17) is 16.3 Å². The summed E-state index contributed by atoms with van der Waals surface area (Å²) in [6.07, 6.45) is 8.13. The summed E-state index contributed by atoms with van der Waals surface area (Å²) in [6, 6.07) is 6.01. The Balaban J connectivity index is 1.48. The van der Waals surface area contributed by atoms with E-state index in [9.17, 15) is 4.79 Å². The topological polar surface area (TPSA) is 44.8 Å². The van der Waals surface area contributed by atoms with Gasteiger partial charge in [-0.2, -0.15) is 0 Å². The van der Waals surface area contributed by atoms with Crippen LogP contribution in [0.4, 0.5) is 5.69 Å². The van der Waals surface area contributed by atoms with Gasteiger partial charge in [-0.15, -0.1) is 0 Å². The number of rotatable bonds is 6. The van der Waals surface area contributed by atoms with Crippen molar-refractivity contribution in [1.82, 2.24) is 9.80 Å². The standard InChI is InChI=1S/C21H32ClN3O2/c1-27-20-9-8-17(22)15-19(20)23-11-10-21(26)25-14-6-7-18(16-25)24-12-4-2-3-5-13-24/h8-9,15,18,23H,2-7,10-14,16H2,1H3. The van der Waals surface area contributed by atoms with Gasteiger partial charge in [-0.05, 0) is 57.0 Å². The predicted molar refractivity (Wildman–Crippen MR) is 111 cm³/mol. The fourth-order valence-corrected chi connectivity index (χ4v) is 4.39. The van der Waals surface area contributed by atoms with Crippen LogP contribution >= 0.6 is 11.6 Å². The van der Waals surface area contributed by atoms with Crippen LogP contribution in [0.2, 0.25) is 5.02 Å². The lowest BCUT2D eigenvalue weighted by Gasteiger charge is -2.39. The summed E-state index contributed by atoms with van der Waals surface area (Å²) in [7, 11) is 1.64. The van der Waals surface area contributed by atoms with Gasteiger partial charge in [0.15, 0.2) is 0 Å². The molecule has 2 fully saturated rings. The Hall–Kier alpha value is -1.46. The summed E-state index contributed by atoms with van der Waals surface area (Å²) in [5.41, 5.74) is 0.832. The number of carbonyl (C=O) groups excluding carboxylic acids is 1. The minimum absolute atomic E-state index is 0.239. The molecule has 0 aromatic heterocycles. The van der Waals surface area contributed by atoms with Crippen LogP contribution in [0.5, 0.6) is 5.75 Å². The number of hydrogen-bond acceptors (Lipinski definition) is 4. The average molecular weight is 394 g/mol. The van der Waals surface area contributed by atoms with E-state index in [0.717, 1.165) is 30.9 Å². The van der Waals surface area contributed by atoms with Crippen LogP contribution in [-0.4, -0.2) is 61.6 Å². The van der Waals surface area contributed by atoms with Crippen LogP contribution in [0.15, 0.2) is 18.2 Å². The van der Waals surface area contributed by atoms with Crippen molar-refractivity contribution in [3.63, 3.8) is 0 Å². The Labute approximate surface area is 168 Å². The van der Waals surface area contributed by atoms with Crippen molar-refractivity contribution in [3.8, 4) is 5.75 Å². The summed E-state index contributed by atoms with van der Waals surface area (Å²) in [5.74, 6) is 0.981. The molecule has 1 atom stereocenters. The summed E-state index contributed by atoms with van der Waals surface area (Å²) in [5, 5.41) is 3.94. The van der Waals surface area contributed by atoms with E-state index in [0.29, 0.717) is 24.0 Å². The monoisotopic (exact) mass is 393 g/mol. The van der Waals surface area contributed by atoms with Crippen molar-refractivity contribution < 1.29 is 9.53 Å². The quantitative estimate of drug-likeness (QED) is 0.792. The van der Waals surface area contributed by atoms with Gasteiger partial charge in [0, 0.05) is 37.1 Å². The minimum atomic E-state index is 0.239. The maximum atomic E-state index is 12.7. The third-order valence-corrected chi connectivity index (χ3v) is 5.96. The summed E-state index contributed by atoms with van der Waals surface area (Å²) >= 11 is 6.06. The van der Waals surface area contributed by atoms with Crippen molar-refractivity contribution >= 4 is 23.2 Å². The van der Waals surface area contributed by atoms with Crippen LogP contribution in [-0.2, 0) is 4.79 Å². The Bertz CT molecular complexity index is 617. The van der Waals surface area contributed by atoms with Crippen LogP contribution in [0, 0.1) is 0 Å². The fourth-order valence-electron chi connectivity index (χ4n) is 4.22. The van der Waals surface area contributed by atoms with Crippen LogP contribution in [0.25, 0.3) is 0 Å². The van der Waals surface area contributed by atoms with Crippen LogP contribution in [0.1, 0.15) is 44.9 Å². The number of amides is 1. The number of benzene rings is 1. The van der Waals surface area contributed by atoms with Gasteiger partial charge >= 0.3 is 0 Å². The van der Waals surface area contributed by atoms with Gasteiger partial charge in [0.1, 0.15) is 5.75 Å². The van der Waals surface area contributed by atoms with Gasteiger partial charge in [0.25, 0.3) is 0 Å². The highest BCUT2D eigenvalue weighted by Crippen LogP contribution is 2.27. The zero-order valence-corrected chi connectivity index (χ0v) is 17.1. The molecule has 2 aliphatic rings. The van der Waals surface area contributed by atoms with Gasteiger partial charge in [0.05, 0.1) is 12.8 Å². The van der Waals surface area contributed by atoms with Crippen molar-refractivity contribution in [2.24, 2.45) is 0 Å². The first kappa shape index (κ1) is 20.3. The van der Waals surface area contributed by atoms with E-state index in [-0.39, 0.29) is 5.91 Å². The largest absolute Gasteiger partial charge is 0.495 e. The van der Waals surface area contributed by atoms with E-state index in [1.165, 1.54) is 45.2 Å². The molecule has 1 amide bonds. The molecule has 2 saturated heterocycles. The number of carbonyl (C=O) groups is 1. The summed E-state index contributed by atoms with van der Waals surface area (Å²) in [6.45, 7) is 4.76. The number of likely N-dealkylation sites (tertiary alicyclic amines) is 2. The minimum Gasteiger partial charge on any atom is -0.495 e. The van der Waals surface area contributed by atoms with Crippen molar-refractivity contribution in [3.05, 3.63) is 23.2 Å². The number of halogens is 1. The molecule has 0 aliphatic carbocycles. The molecule has 1 aromatic carbocycles. The molecular weight excluding hydrogens is 362 g/mol. The Kier molecular flexibility index (Phi) is 7.65. The van der Waals surface area contributed by atoms with Gasteiger partial charge in [0.2, 0.25) is 5.91 Å². The molecule has 5 nitrogen and oxygen atoms in total. The lowest BCUT2D eigenvalue weighted by Crippen LogP contribution is -2.50.